The van der Waals surface area contributed by atoms with Gasteiger partial charge in [0.2, 0.25) is 5.91 Å². The molecular weight excluding hydrogens is 444 g/mol. The van der Waals surface area contributed by atoms with Crippen LogP contribution in [-0.2, 0) is 16.1 Å². The zero-order valence-corrected chi connectivity index (χ0v) is 19.2. The van der Waals surface area contributed by atoms with Gasteiger partial charge < -0.3 is 15.0 Å². The predicted octanol–water partition coefficient (Wildman–Crippen LogP) is 4.61. The number of nitrogens with one attached hydrogen (secondary N) is 1. The number of ether oxygens (including phenoxy) is 1. The van der Waals surface area contributed by atoms with Gasteiger partial charge in [0.15, 0.2) is 6.61 Å². The van der Waals surface area contributed by atoms with E-state index in [1.54, 1.807) is 24.0 Å². The second-order valence-corrected chi connectivity index (χ2v) is 8.83. The van der Waals surface area contributed by atoms with E-state index in [0.717, 1.165) is 41.3 Å². The highest BCUT2D eigenvalue weighted by Gasteiger charge is 2.28. The monoisotopic (exact) mass is 472 g/mol. The van der Waals surface area contributed by atoms with Gasteiger partial charge in [0.25, 0.3) is 5.91 Å². The number of carbonyl (C=O) groups is 2. The molecule has 1 fully saturated rings. The zero-order valence-electron chi connectivity index (χ0n) is 17.6. The molecule has 1 aliphatic carbocycles. The second kappa shape index (κ2) is 10.6. The van der Waals surface area contributed by atoms with Crippen molar-refractivity contribution in [2.45, 2.75) is 58.2 Å². The van der Waals surface area contributed by atoms with Gasteiger partial charge in [-0.05, 0) is 56.5 Å². The third-order valence-corrected chi connectivity index (χ3v) is 6.01. The molecule has 1 atom stereocenters. The molecule has 160 valence electrons. The summed E-state index contributed by atoms with van der Waals surface area (Å²) in [6.45, 7) is 4.05. The highest BCUT2D eigenvalue weighted by molar-refractivity contribution is 9.10. The van der Waals surface area contributed by atoms with Gasteiger partial charge >= 0.3 is 0 Å². The van der Waals surface area contributed by atoms with Crippen LogP contribution in [0.3, 0.4) is 0 Å². The third-order valence-electron chi connectivity index (χ3n) is 5.48. The lowest BCUT2D eigenvalue weighted by molar-refractivity contribution is -0.142. The van der Waals surface area contributed by atoms with Crippen molar-refractivity contribution in [1.82, 2.24) is 10.2 Å². The van der Waals surface area contributed by atoms with Crippen molar-refractivity contribution in [3.63, 3.8) is 0 Å². The Morgan fingerprint density at radius 2 is 1.87 bits per heavy atom. The van der Waals surface area contributed by atoms with Crippen molar-refractivity contribution in [3.8, 4) is 5.75 Å². The fraction of sp³-hybridized carbons (Fsp3) is 0.417. The van der Waals surface area contributed by atoms with Gasteiger partial charge in [0.05, 0.1) is 0 Å². The molecule has 0 saturated heterocycles. The first-order valence-corrected chi connectivity index (χ1v) is 11.3. The van der Waals surface area contributed by atoms with Crippen LogP contribution >= 0.6 is 15.9 Å². The van der Waals surface area contributed by atoms with Crippen molar-refractivity contribution in [1.29, 1.82) is 0 Å². The van der Waals surface area contributed by atoms with Crippen LogP contribution in [0.15, 0.2) is 53.0 Å². The van der Waals surface area contributed by atoms with Gasteiger partial charge in [0.1, 0.15) is 11.8 Å². The molecule has 0 aliphatic heterocycles. The fourth-order valence-electron chi connectivity index (χ4n) is 3.74. The summed E-state index contributed by atoms with van der Waals surface area (Å²) < 4.78 is 6.63. The van der Waals surface area contributed by atoms with E-state index in [9.17, 15) is 9.59 Å². The molecular formula is C24H29BrN2O3. The van der Waals surface area contributed by atoms with Gasteiger partial charge in [-0.3, -0.25) is 9.59 Å². The quantitative estimate of drug-likeness (QED) is 0.609. The smallest absolute Gasteiger partial charge is 0.261 e. The Morgan fingerprint density at radius 3 is 2.53 bits per heavy atom. The van der Waals surface area contributed by atoms with Crippen molar-refractivity contribution >= 4 is 27.7 Å². The van der Waals surface area contributed by atoms with Crippen LogP contribution in [0.5, 0.6) is 5.75 Å². The van der Waals surface area contributed by atoms with Crippen molar-refractivity contribution in [3.05, 3.63) is 64.1 Å². The summed E-state index contributed by atoms with van der Waals surface area (Å²) in [5.41, 5.74) is 2.11. The molecule has 0 aromatic heterocycles. The number of amides is 2. The Kier molecular flexibility index (Phi) is 7.91. The second-order valence-electron chi connectivity index (χ2n) is 7.92. The Bertz CT molecular complexity index is 863. The van der Waals surface area contributed by atoms with E-state index < -0.39 is 6.04 Å². The van der Waals surface area contributed by atoms with Crippen LogP contribution in [0, 0.1) is 6.92 Å². The molecule has 3 rings (SSSR count). The first kappa shape index (κ1) is 22.3. The van der Waals surface area contributed by atoms with Gasteiger partial charge in [-0.25, -0.2) is 0 Å². The van der Waals surface area contributed by atoms with Gasteiger partial charge in [0, 0.05) is 17.1 Å². The number of halogens is 1. The zero-order chi connectivity index (χ0) is 21.5. The van der Waals surface area contributed by atoms with Gasteiger partial charge in [-0.15, -0.1) is 0 Å². The van der Waals surface area contributed by atoms with E-state index in [1.165, 1.54) is 0 Å². The molecule has 0 radical (unpaired) electrons. The van der Waals surface area contributed by atoms with Gasteiger partial charge in [-0.2, -0.15) is 0 Å². The minimum atomic E-state index is -0.577. The topological polar surface area (TPSA) is 58.6 Å². The summed E-state index contributed by atoms with van der Waals surface area (Å²) in [5.74, 6) is 0.296. The number of hydrogen-bond donors (Lipinski definition) is 1. The van der Waals surface area contributed by atoms with Crippen LogP contribution in [0.2, 0.25) is 0 Å². The van der Waals surface area contributed by atoms with Crippen molar-refractivity contribution < 1.29 is 14.3 Å². The van der Waals surface area contributed by atoms with Gasteiger partial charge in [-0.1, -0.05) is 58.6 Å². The van der Waals surface area contributed by atoms with E-state index in [0.29, 0.717) is 12.3 Å². The molecule has 2 aromatic rings. The Hall–Kier alpha value is -2.34. The molecule has 0 heterocycles. The molecule has 30 heavy (non-hydrogen) atoms. The Balaban J connectivity index is 1.70. The lowest BCUT2D eigenvalue weighted by Crippen LogP contribution is -2.50. The van der Waals surface area contributed by atoms with Crippen molar-refractivity contribution in [2.24, 2.45) is 0 Å². The SMILES string of the molecule is Cc1cccc(CN(C(=O)COc2ccc(Br)cc2)[C@@H](C)C(=O)NC2CCCC2)c1. The molecule has 5 nitrogen and oxygen atoms in total. The maximum absolute atomic E-state index is 13.1. The fourth-order valence-corrected chi connectivity index (χ4v) is 4.00. The average Bonchev–Trinajstić information content (AvgIpc) is 3.24. The van der Waals surface area contributed by atoms with E-state index in [-0.39, 0.29) is 24.5 Å². The normalized spacial score (nSPS) is 14.9. The van der Waals surface area contributed by atoms with Crippen molar-refractivity contribution in [2.75, 3.05) is 6.61 Å². The molecule has 0 unspecified atom stereocenters. The van der Waals surface area contributed by atoms with Crippen LogP contribution in [0.25, 0.3) is 0 Å². The summed E-state index contributed by atoms with van der Waals surface area (Å²) in [6, 6.07) is 15.0. The predicted molar refractivity (Wildman–Crippen MR) is 121 cm³/mol. The molecule has 2 amide bonds. The molecule has 2 aromatic carbocycles. The summed E-state index contributed by atoms with van der Waals surface area (Å²) in [5, 5.41) is 3.11. The lowest BCUT2D eigenvalue weighted by Gasteiger charge is -2.29. The molecule has 1 aliphatic rings. The molecule has 1 saturated carbocycles. The number of aryl methyl sites for hydroxylation is 1. The number of nitrogens with zero attached hydrogens (tertiary/aromatic N) is 1. The van der Waals surface area contributed by atoms with Crippen LogP contribution < -0.4 is 10.1 Å². The molecule has 0 bridgehead atoms. The maximum Gasteiger partial charge on any atom is 0.261 e. The summed E-state index contributed by atoms with van der Waals surface area (Å²) in [4.78, 5) is 27.5. The average molecular weight is 473 g/mol. The summed E-state index contributed by atoms with van der Waals surface area (Å²) >= 11 is 3.39. The number of rotatable bonds is 8. The molecule has 0 spiro atoms. The first-order chi connectivity index (χ1) is 14.4. The standard InChI is InChI=1S/C24H29BrN2O3/c1-17-6-5-7-19(14-17)15-27(18(2)24(29)26-21-8-3-4-9-21)23(28)16-30-22-12-10-20(25)11-13-22/h5-7,10-14,18,21H,3-4,8-9,15-16H2,1-2H3,(H,26,29)/t18-/m0/s1. The Morgan fingerprint density at radius 1 is 1.17 bits per heavy atom. The largest absolute Gasteiger partial charge is 0.484 e. The number of carbonyl (C=O) groups excluding carboxylic acids is 2. The molecule has 1 N–H and O–H groups in total. The Labute approximate surface area is 186 Å². The minimum absolute atomic E-state index is 0.105. The van der Waals surface area contributed by atoms with E-state index in [4.69, 9.17) is 4.74 Å². The van der Waals surface area contributed by atoms with E-state index in [1.807, 2.05) is 43.3 Å². The minimum Gasteiger partial charge on any atom is -0.484 e. The van der Waals surface area contributed by atoms with Crippen LogP contribution in [0.1, 0.15) is 43.7 Å². The lowest BCUT2D eigenvalue weighted by atomic mass is 10.1. The number of hydrogen-bond acceptors (Lipinski definition) is 3. The van der Waals surface area contributed by atoms with Crippen LogP contribution in [0.4, 0.5) is 0 Å². The highest BCUT2D eigenvalue weighted by Crippen LogP contribution is 2.19. The number of benzene rings is 2. The maximum atomic E-state index is 13.1. The molecule has 6 heteroatoms. The third kappa shape index (κ3) is 6.33. The van der Waals surface area contributed by atoms with E-state index in [2.05, 4.69) is 21.2 Å². The first-order valence-electron chi connectivity index (χ1n) is 10.5. The van der Waals surface area contributed by atoms with Crippen LogP contribution in [-0.4, -0.2) is 35.4 Å². The summed E-state index contributed by atoms with van der Waals surface area (Å²) in [6.07, 6.45) is 4.31. The summed E-state index contributed by atoms with van der Waals surface area (Å²) in [7, 11) is 0. The highest BCUT2D eigenvalue weighted by atomic mass is 79.9. The van der Waals surface area contributed by atoms with E-state index >= 15 is 0 Å².